The highest BCUT2D eigenvalue weighted by Crippen LogP contribution is 2.12. The SMILES string of the molecule is C=C[Si](C)(OCC)OCCCCCCCCCCCC. The van der Waals surface area contributed by atoms with E-state index >= 15 is 0 Å². The zero-order valence-corrected chi connectivity index (χ0v) is 15.1. The van der Waals surface area contributed by atoms with Crippen LogP contribution in [0.5, 0.6) is 0 Å². The second kappa shape index (κ2) is 13.8. The average molecular weight is 301 g/mol. The minimum atomic E-state index is -2.05. The topological polar surface area (TPSA) is 18.5 Å². The highest BCUT2D eigenvalue weighted by Gasteiger charge is 2.26. The van der Waals surface area contributed by atoms with Crippen LogP contribution in [0.15, 0.2) is 12.3 Å². The Morgan fingerprint density at radius 3 is 1.75 bits per heavy atom. The molecule has 0 spiro atoms. The van der Waals surface area contributed by atoms with Crippen molar-refractivity contribution in [1.29, 1.82) is 0 Å². The Balaban J connectivity index is 3.29. The van der Waals surface area contributed by atoms with Gasteiger partial charge in [0.05, 0.1) is 0 Å². The molecule has 120 valence electrons. The van der Waals surface area contributed by atoms with Crippen molar-refractivity contribution in [3.63, 3.8) is 0 Å². The van der Waals surface area contributed by atoms with E-state index in [9.17, 15) is 0 Å². The summed E-state index contributed by atoms with van der Waals surface area (Å²) in [5.74, 6) is 0. The van der Waals surface area contributed by atoms with Gasteiger partial charge in [-0.25, -0.2) is 0 Å². The molecule has 1 atom stereocenters. The van der Waals surface area contributed by atoms with Crippen LogP contribution in [-0.4, -0.2) is 21.8 Å². The normalized spacial score (nSPS) is 14.2. The van der Waals surface area contributed by atoms with E-state index in [1.54, 1.807) is 0 Å². The quantitative estimate of drug-likeness (QED) is 0.283. The predicted molar refractivity (Wildman–Crippen MR) is 91.2 cm³/mol. The summed E-state index contributed by atoms with van der Waals surface area (Å²) >= 11 is 0. The highest BCUT2D eigenvalue weighted by atomic mass is 28.4. The molecule has 0 bridgehead atoms. The Bertz CT molecular complexity index is 221. The monoisotopic (exact) mass is 300 g/mol. The fraction of sp³-hybridized carbons (Fsp3) is 0.882. The van der Waals surface area contributed by atoms with E-state index in [1.807, 2.05) is 12.6 Å². The van der Waals surface area contributed by atoms with E-state index in [0.29, 0.717) is 6.61 Å². The van der Waals surface area contributed by atoms with Crippen LogP contribution < -0.4 is 0 Å². The predicted octanol–water partition coefficient (Wildman–Crippen LogP) is 5.76. The molecule has 1 unspecified atom stereocenters. The maximum absolute atomic E-state index is 5.89. The molecule has 0 rings (SSSR count). The van der Waals surface area contributed by atoms with Gasteiger partial charge in [-0.2, -0.15) is 0 Å². The van der Waals surface area contributed by atoms with Crippen molar-refractivity contribution in [2.75, 3.05) is 13.2 Å². The van der Waals surface area contributed by atoms with Gasteiger partial charge in [0, 0.05) is 13.2 Å². The minimum absolute atomic E-state index is 0.715. The van der Waals surface area contributed by atoms with E-state index in [0.717, 1.165) is 13.0 Å². The summed E-state index contributed by atoms with van der Waals surface area (Å²) in [6.45, 7) is 11.7. The standard InChI is InChI=1S/C17H36O2Si/c1-5-8-9-10-11-12-13-14-15-16-17-19-20(4,7-3)18-6-2/h7H,3,5-6,8-17H2,1-2,4H3. The summed E-state index contributed by atoms with van der Waals surface area (Å²) in [6, 6.07) is 0. The van der Waals surface area contributed by atoms with Crippen LogP contribution in [0.2, 0.25) is 6.55 Å². The number of hydrogen-bond acceptors (Lipinski definition) is 2. The summed E-state index contributed by atoms with van der Waals surface area (Å²) < 4.78 is 11.6. The molecule has 0 heterocycles. The van der Waals surface area contributed by atoms with Gasteiger partial charge < -0.3 is 8.85 Å². The summed E-state index contributed by atoms with van der Waals surface area (Å²) in [7, 11) is -2.05. The number of rotatable bonds is 15. The molecular formula is C17H36O2Si. The Kier molecular flexibility index (Phi) is 13.8. The second-order valence-corrected chi connectivity index (χ2v) is 8.70. The number of hydrogen-bond donors (Lipinski definition) is 0. The lowest BCUT2D eigenvalue weighted by Gasteiger charge is -2.22. The molecule has 0 aliphatic rings. The molecular weight excluding hydrogens is 264 g/mol. The Morgan fingerprint density at radius 2 is 1.30 bits per heavy atom. The second-order valence-electron chi connectivity index (χ2n) is 5.68. The van der Waals surface area contributed by atoms with Gasteiger partial charge in [0.15, 0.2) is 0 Å². The van der Waals surface area contributed by atoms with E-state index in [4.69, 9.17) is 8.85 Å². The van der Waals surface area contributed by atoms with Crippen molar-refractivity contribution in [2.45, 2.75) is 84.6 Å². The van der Waals surface area contributed by atoms with Crippen LogP contribution in [0.3, 0.4) is 0 Å². The molecule has 0 aromatic rings. The molecule has 0 amide bonds. The first kappa shape index (κ1) is 19.9. The third-order valence-corrected chi connectivity index (χ3v) is 6.07. The molecule has 0 aromatic heterocycles. The minimum Gasteiger partial charge on any atom is -0.392 e. The maximum Gasteiger partial charge on any atom is 0.361 e. The van der Waals surface area contributed by atoms with Crippen LogP contribution in [-0.2, 0) is 8.85 Å². The summed E-state index contributed by atoms with van der Waals surface area (Å²) in [6.07, 6.45) is 13.6. The van der Waals surface area contributed by atoms with Gasteiger partial charge in [0.2, 0.25) is 0 Å². The molecule has 0 N–H and O–H groups in total. The first-order chi connectivity index (χ1) is 9.68. The third kappa shape index (κ3) is 11.7. The lowest BCUT2D eigenvalue weighted by molar-refractivity contribution is 0.188. The largest absolute Gasteiger partial charge is 0.392 e. The van der Waals surface area contributed by atoms with Crippen LogP contribution in [0.1, 0.15) is 78.1 Å². The van der Waals surface area contributed by atoms with Gasteiger partial charge in [-0.05, 0) is 25.6 Å². The fourth-order valence-electron chi connectivity index (χ4n) is 2.31. The van der Waals surface area contributed by atoms with Crippen molar-refractivity contribution in [3.8, 4) is 0 Å². The van der Waals surface area contributed by atoms with Crippen molar-refractivity contribution >= 4 is 8.56 Å². The van der Waals surface area contributed by atoms with Crippen LogP contribution in [0, 0.1) is 0 Å². The molecule has 0 saturated heterocycles. The molecule has 0 fully saturated rings. The van der Waals surface area contributed by atoms with Crippen molar-refractivity contribution < 1.29 is 8.85 Å². The molecule has 0 aliphatic heterocycles. The maximum atomic E-state index is 5.89. The zero-order chi connectivity index (χ0) is 15.1. The molecule has 20 heavy (non-hydrogen) atoms. The van der Waals surface area contributed by atoms with Crippen LogP contribution in [0.4, 0.5) is 0 Å². The lowest BCUT2D eigenvalue weighted by atomic mass is 10.1. The van der Waals surface area contributed by atoms with Gasteiger partial charge in [-0.15, -0.1) is 6.58 Å². The molecule has 0 aliphatic carbocycles. The van der Waals surface area contributed by atoms with Gasteiger partial charge >= 0.3 is 8.56 Å². The van der Waals surface area contributed by atoms with Gasteiger partial charge in [-0.3, -0.25) is 0 Å². The van der Waals surface area contributed by atoms with Crippen LogP contribution >= 0.6 is 0 Å². The average Bonchev–Trinajstić information content (AvgIpc) is 2.45. The molecule has 0 saturated carbocycles. The van der Waals surface area contributed by atoms with Gasteiger partial charge in [-0.1, -0.05) is 64.7 Å². The fourth-order valence-corrected chi connectivity index (χ4v) is 3.75. The zero-order valence-electron chi connectivity index (χ0n) is 14.1. The summed E-state index contributed by atoms with van der Waals surface area (Å²) in [5.41, 5.74) is 1.88. The van der Waals surface area contributed by atoms with E-state index in [2.05, 4.69) is 20.0 Å². The van der Waals surface area contributed by atoms with E-state index in [1.165, 1.54) is 57.8 Å². The lowest BCUT2D eigenvalue weighted by Crippen LogP contribution is -2.36. The third-order valence-electron chi connectivity index (χ3n) is 3.69. The summed E-state index contributed by atoms with van der Waals surface area (Å²) in [5, 5.41) is 0. The first-order valence-electron chi connectivity index (χ1n) is 8.60. The van der Waals surface area contributed by atoms with Gasteiger partial charge in [0.25, 0.3) is 0 Å². The Hall–Kier alpha value is -0.123. The molecule has 2 nitrogen and oxygen atoms in total. The Labute approximate surface area is 128 Å². The molecule has 3 heteroatoms. The molecule has 0 radical (unpaired) electrons. The van der Waals surface area contributed by atoms with Crippen molar-refractivity contribution in [3.05, 3.63) is 12.3 Å². The number of unbranched alkanes of at least 4 members (excludes halogenated alkanes) is 9. The van der Waals surface area contributed by atoms with Gasteiger partial charge in [0.1, 0.15) is 0 Å². The van der Waals surface area contributed by atoms with Crippen LogP contribution in [0.25, 0.3) is 0 Å². The van der Waals surface area contributed by atoms with E-state index < -0.39 is 8.56 Å². The smallest absolute Gasteiger partial charge is 0.361 e. The molecule has 0 aromatic carbocycles. The highest BCUT2D eigenvalue weighted by molar-refractivity contribution is 6.71. The first-order valence-corrected chi connectivity index (χ1v) is 11.0. The summed E-state index contributed by atoms with van der Waals surface area (Å²) in [4.78, 5) is 0. The Morgan fingerprint density at radius 1 is 0.800 bits per heavy atom. The van der Waals surface area contributed by atoms with E-state index in [-0.39, 0.29) is 0 Å². The van der Waals surface area contributed by atoms with Crippen molar-refractivity contribution in [2.24, 2.45) is 0 Å². The van der Waals surface area contributed by atoms with Crippen molar-refractivity contribution in [1.82, 2.24) is 0 Å².